The Labute approximate surface area is 110 Å². The molecule has 1 aliphatic rings. The molecule has 0 bridgehead atoms. The fourth-order valence-corrected chi connectivity index (χ4v) is 2.53. The van der Waals surface area contributed by atoms with Crippen LogP contribution in [-0.2, 0) is 13.8 Å². The summed E-state index contributed by atoms with van der Waals surface area (Å²) in [5.74, 6) is 0.129. The lowest BCUT2D eigenvalue weighted by Gasteiger charge is -2.09. The van der Waals surface area contributed by atoms with Gasteiger partial charge in [0.2, 0.25) is 5.91 Å². The van der Waals surface area contributed by atoms with Gasteiger partial charge in [-0.05, 0) is 25.0 Å². The van der Waals surface area contributed by atoms with Gasteiger partial charge in [-0.2, -0.15) is 0 Å². The number of carbonyl (C=O) groups excluding carboxylic acids is 1. The zero-order valence-corrected chi connectivity index (χ0v) is 11.2. The van der Waals surface area contributed by atoms with Crippen LogP contribution in [0.25, 0.3) is 0 Å². The first kappa shape index (κ1) is 13.2. The Bertz CT molecular complexity index is 581. The lowest BCUT2D eigenvalue weighted by Crippen LogP contribution is -2.13. The first-order valence-corrected chi connectivity index (χ1v) is 7.66. The van der Waals surface area contributed by atoms with Gasteiger partial charge >= 0.3 is 0 Å². The van der Waals surface area contributed by atoms with Gasteiger partial charge in [0.1, 0.15) is 10.6 Å². The van der Waals surface area contributed by atoms with E-state index in [2.05, 4.69) is 5.32 Å². The number of halogens is 1. The Morgan fingerprint density at radius 1 is 1.44 bits per heavy atom. The van der Waals surface area contributed by atoms with Crippen LogP contribution >= 0.6 is 10.7 Å². The van der Waals surface area contributed by atoms with Crippen LogP contribution in [0, 0.1) is 5.92 Å². The van der Waals surface area contributed by atoms with Crippen LogP contribution in [0.3, 0.4) is 0 Å². The van der Waals surface area contributed by atoms with Gasteiger partial charge in [-0.3, -0.25) is 4.79 Å². The van der Waals surface area contributed by atoms with Crippen molar-refractivity contribution in [1.29, 1.82) is 0 Å². The molecule has 0 radical (unpaired) electrons. The SMILES string of the molecule is COc1cc(NC(=O)C2CC2)ccc1S(=O)(=O)Cl. The molecule has 1 saturated carbocycles. The van der Waals surface area contributed by atoms with E-state index in [0.717, 1.165) is 12.8 Å². The number of amides is 1. The molecule has 0 atom stereocenters. The van der Waals surface area contributed by atoms with Crippen molar-refractivity contribution < 1.29 is 17.9 Å². The first-order chi connectivity index (χ1) is 8.41. The molecule has 1 N–H and O–H groups in total. The zero-order chi connectivity index (χ0) is 13.3. The monoisotopic (exact) mass is 289 g/mol. The molecule has 1 fully saturated rings. The van der Waals surface area contributed by atoms with Crippen LogP contribution in [0.15, 0.2) is 23.1 Å². The maximum Gasteiger partial charge on any atom is 0.264 e. The van der Waals surface area contributed by atoms with Crippen molar-refractivity contribution in [3.63, 3.8) is 0 Å². The van der Waals surface area contributed by atoms with Gasteiger partial charge in [0, 0.05) is 28.4 Å². The van der Waals surface area contributed by atoms with Crippen LogP contribution in [0.1, 0.15) is 12.8 Å². The second kappa shape index (κ2) is 4.78. The van der Waals surface area contributed by atoms with Gasteiger partial charge in [0.25, 0.3) is 9.05 Å². The lowest BCUT2D eigenvalue weighted by molar-refractivity contribution is -0.117. The second-order valence-electron chi connectivity index (χ2n) is 4.07. The summed E-state index contributed by atoms with van der Waals surface area (Å²) < 4.78 is 27.5. The van der Waals surface area contributed by atoms with E-state index in [4.69, 9.17) is 15.4 Å². The number of anilines is 1. The van der Waals surface area contributed by atoms with Crippen molar-refractivity contribution in [2.75, 3.05) is 12.4 Å². The number of benzene rings is 1. The van der Waals surface area contributed by atoms with Crippen molar-refractivity contribution >= 4 is 31.3 Å². The minimum Gasteiger partial charge on any atom is -0.495 e. The van der Waals surface area contributed by atoms with E-state index in [9.17, 15) is 13.2 Å². The van der Waals surface area contributed by atoms with Crippen molar-refractivity contribution in [3.05, 3.63) is 18.2 Å². The molecule has 1 aliphatic carbocycles. The summed E-state index contributed by atoms with van der Waals surface area (Å²) in [5, 5.41) is 2.70. The average molecular weight is 290 g/mol. The summed E-state index contributed by atoms with van der Waals surface area (Å²) >= 11 is 0. The number of hydrogen-bond donors (Lipinski definition) is 1. The Morgan fingerprint density at radius 2 is 2.11 bits per heavy atom. The van der Waals surface area contributed by atoms with Gasteiger partial charge in [0.05, 0.1) is 7.11 Å². The van der Waals surface area contributed by atoms with Gasteiger partial charge in [-0.25, -0.2) is 8.42 Å². The van der Waals surface area contributed by atoms with E-state index in [1.165, 1.54) is 25.3 Å². The molecular weight excluding hydrogens is 278 g/mol. The molecule has 0 unspecified atom stereocenters. The summed E-state index contributed by atoms with van der Waals surface area (Å²) in [6, 6.07) is 4.23. The number of ether oxygens (including phenoxy) is 1. The minimum atomic E-state index is -3.86. The molecule has 2 rings (SSSR count). The second-order valence-corrected chi connectivity index (χ2v) is 6.60. The molecule has 0 aliphatic heterocycles. The van der Waals surface area contributed by atoms with Crippen LogP contribution in [0.5, 0.6) is 5.75 Å². The molecule has 0 spiro atoms. The van der Waals surface area contributed by atoms with Crippen molar-refractivity contribution in [3.8, 4) is 5.75 Å². The van der Waals surface area contributed by atoms with E-state index in [-0.39, 0.29) is 22.5 Å². The fourth-order valence-electron chi connectivity index (χ4n) is 1.54. The van der Waals surface area contributed by atoms with E-state index in [1.807, 2.05) is 0 Å². The topological polar surface area (TPSA) is 72.5 Å². The molecule has 1 amide bonds. The Kier molecular flexibility index (Phi) is 3.49. The summed E-state index contributed by atoms with van der Waals surface area (Å²) in [5.41, 5.74) is 0.493. The molecule has 5 nitrogen and oxygen atoms in total. The molecule has 18 heavy (non-hydrogen) atoms. The van der Waals surface area contributed by atoms with Crippen molar-refractivity contribution in [2.24, 2.45) is 5.92 Å². The highest BCUT2D eigenvalue weighted by Crippen LogP contribution is 2.32. The predicted molar refractivity (Wildman–Crippen MR) is 67.4 cm³/mol. The van der Waals surface area contributed by atoms with Crippen LogP contribution in [-0.4, -0.2) is 21.4 Å². The fraction of sp³-hybridized carbons (Fsp3) is 0.364. The molecule has 1 aromatic rings. The molecule has 98 valence electrons. The van der Waals surface area contributed by atoms with Crippen LogP contribution in [0.2, 0.25) is 0 Å². The van der Waals surface area contributed by atoms with E-state index in [0.29, 0.717) is 5.69 Å². The molecule has 0 heterocycles. The summed E-state index contributed by atoms with van der Waals surface area (Å²) in [6.45, 7) is 0. The normalized spacial score (nSPS) is 15.2. The van der Waals surface area contributed by atoms with Crippen LogP contribution in [0.4, 0.5) is 5.69 Å². The third-order valence-corrected chi connectivity index (χ3v) is 4.00. The number of rotatable bonds is 4. The standard InChI is InChI=1S/C11H12ClNO4S/c1-17-9-6-8(13-11(14)7-2-3-7)4-5-10(9)18(12,15)16/h4-7H,2-3H2,1H3,(H,13,14). The molecular formula is C11H12ClNO4S. The highest BCUT2D eigenvalue weighted by molar-refractivity contribution is 8.13. The number of carbonyl (C=O) groups is 1. The summed E-state index contributed by atoms with van der Waals surface area (Å²) in [7, 11) is 2.75. The van der Waals surface area contributed by atoms with E-state index in [1.54, 1.807) is 0 Å². The smallest absolute Gasteiger partial charge is 0.264 e. The Hall–Kier alpha value is -1.27. The van der Waals surface area contributed by atoms with Gasteiger partial charge in [-0.1, -0.05) is 0 Å². The van der Waals surface area contributed by atoms with Crippen molar-refractivity contribution in [2.45, 2.75) is 17.7 Å². The molecule has 0 saturated heterocycles. The summed E-state index contributed by atoms with van der Waals surface area (Å²) in [4.78, 5) is 11.4. The van der Waals surface area contributed by atoms with E-state index >= 15 is 0 Å². The van der Waals surface area contributed by atoms with Crippen molar-refractivity contribution in [1.82, 2.24) is 0 Å². The number of nitrogens with one attached hydrogen (secondary N) is 1. The predicted octanol–water partition coefficient (Wildman–Crippen LogP) is 1.97. The summed E-state index contributed by atoms with van der Waals surface area (Å²) in [6.07, 6.45) is 1.80. The third-order valence-electron chi connectivity index (χ3n) is 2.64. The van der Waals surface area contributed by atoms with Gasteiger partial charge in [-0.15, -0.1) is 0 Å². The Morgan fingerprint density at radius 3 is 2.61 bits per heavy atom. The lowest BCUT2D eigenvalue weighted by atomic mass is 10.3. The highest BCUT2D eigenvalue weighted by atomic mass is 35.7. The Balaban J connectivity index is 2.26. The molecule has 1 aromatic carbocycles. The van der Waals surface area contributed by atoms with E-state index < -0.39 is 9.05 Å². The maximum atomic E-state index is 11.6. The average Bonchev–Trinajstić information content (AvgIpc) is 3.11. The first-order valence-electron chi connectivity index (χ1n) is 5.35. The molecule has 7 heteroatoms. The highest BCUT2D eigenvalue weighted by Gasteiger charge is 2.29. The third kappa shape index (κ3) is 2.94. The zero-order valence-electron chi connectivity index (χ0n) is 9.64. The molecule has 0 aromatic heterocycles. The van der Waals surface area contributed by atoms with Crippen LogP contribution < -0.4 is 10.1 Å². The minimum absolute atomic E-state index is 0.0569. The maximum absolute atomic E-state index is 11.6. The number of methoxy groups -OCH3 is 1. The largest absolute Gasteiger partial charge is 0.495 e. The quantitative estimate of drug-likeness (QED) is 0.860. The van der Waals surface area contributed by atoms with Gasteiger partial charge < -0.3 is 10.1 Å². The number of hydrogen-bond acceptors (Lipinski definition) is 4. The van der Waals surface area contributed by atoms with Gasteiger partial charge in [0.15, 0.2) is 0 Å².